The lowest BCUT2D eigenvalue weighted by Crippen LogP contribution is -2.68. The van der Waals surface area contributed by atoms with E-state index in [1.807, 2.05) is 30.3 Å². The number of benzene rings is 1. The molecule has 0 aromatic heterocycles. The molecule has 0 radical (unpaired) electrons. The van der Waals surface area contributed by atoms with Crippen LogP contribution in [0.3, 0.4) is 0 Å². The van der Waals surface area contributed by atoms with Crippen molar-refractivity contribution in [2.45, 2.75) is 24.3 Å². The molecule has 2 amide bonds. The molecule has 1 aromatic rings. The van der Waals surface area contributed by atoms with E-state index in [0.29, 0.717) is 19.0 Å². The first-order valence-electron chi connectivity index (χ1n) is 7.99. The minimum absolute atomic E-state index is 0.0283. The van der Waals surface area contributed by atoms with E-state index in [1.54, 1.807) is 0 Å². The summed E-state index contributed by atoms with van der Waals surface area (Å²) in [7, 11) is 0. The Balaban J connectivity index is 1.45. The molecule has 7 heteroatoms. The molecule has 0 bridgehead atoms. The highest BCUT2D eigenvalue weighted by Crippen LogP contribution is 2.23. The Morgan fingerprint density at radius 1 is 1.29 bits per heavy atom. The Labute approximate surface area is 144 Å². The van der Waals surface area contributed by atoms with Gasteiger partial charge in [-0.25, -0.2) is 0 Å². The third-order valence-electron chi connectivity index (χ3n) is 4.18. The summed E-state index contributed by atoms with van der Waals surface area (Å²) in [5, 5.41) is 5.24. The van der Waals surface area contributed by atoms with Crippen LogP contribution in [0.1, 0.15) is 12.0 Å². The van der Waals surface area contributed by atoms with Gasteiger partial charge in [0.1, 0.15) is 17.2 Å². The minimum atomic E-state index is -0.571. The molecule has 3 atom stereocenters. The molecule has 0 aliphatic carbocycles. The van der Waals surface area contributed by atoms with Crippen molar-refractivity contribution in [2.24, 2.45) is 5.92 Å². The summed E-state index contributed by atoms with van der Waals surface area (Å²) in [6, 6.07) is 8.80. The number of ketones is 1. The van der Waals surface area contributed by atoms with E-state index in [1.165, 1.54) is 11.8 Å². The number of nitrogens with one attached hydrogen (secondary N) is 2. The molecular weight excluding hydrogens is 328 g/mol. The van der Waals surface area contributed by atoms with E-state index >= 15 is 0 Å². The van der Waals surface area contributed by atoms with Crippen LogP contribution in [0.4, 0.5) is 0 Å². The van der Waals surface area contributed by atoms with Gasteiger partial charge < -0.3 is 15.4 Å². The third kappa shape index (κ3) is 4.15. The number of carbonyl (C=O) groups excluding carboxylic acids is 3. The van der Waals surface area contributed by atoms with Gasteiger partial charge in [0.25, 0.3) is 0 Å². The number of hydrogen-bond donors (Lipinski definition) is 2. The predicted molar refractivity (Wildman–Crippen MR) is 90.4 cm³/mol. The number of rotatable bonds is 7. The lowest BCUT2D eigenvalue weighted by molar-refractivity contribution is -0.134. The van der Waals surface area contributed by atoms with Crippen molar-refractivity contribution < 1.29 is 19.1 Å². The van der Waals surface area contributed by atoms with Crippen LogP contribution >= 0.6 is 11.8 Å². The first-order valence-corrected chi connectivity index (χ1v) is 9.04. The SMILES string of the molecule is O=C(Cc1ccccc1)N[C@@H]1C(=O)N[C@@H]1SCC(=O)[C@H]1CCOC1. The van der Waals surface area contributed by atoms with Gasteiger partial charge in [0.15, 0.2) is 0 Å². The van der Waals surface area contributed by atoms with Crippen LogP contribution in [-0.4, -0.2) is 48.0 Å². The van der Waals surface area contributed by atoms with Crippen LogP contribution in [0, 0.1) is 5.92 Å². The highest BCUT2D eigenvalue weighted by molar-refractivity contribution is 8.00. The highest BCUT2D eigenvalue weighted by atomic mass is 32.2. The van der Waals surface area contributed by atoms with Crippen molar-refractivity contribution in [1.82, 2.24) is 10.6 Å². The average molecular weight is 348 g/mol. The topological polar surface area (TPSA) is 84.5 Å². The zero-order valence-electron chi connectivity index (χ0n) is 13.2. The summed E-state index contributed by atoms with van der Waals surface area (Å²) < 4.78 is 5.22. The molecule has 0 spiro atoms. The number of Topliss-reactive ketones (excluding diaryl/α,β-unsaturated/α-hetero) is 1. The Kier molecular flexibility index (Phi) is 5.52. The number of hydrogen-bond acceptors (Lipinski definition) is 5. The first kappa shape index (κ1) is 17.0. The van der Waals surface area contributed by atoms with Gasteiger partial charge in [0, 0.05) is 12.5 Å². The molecule has 3 rings (SSSR count). The maximum Gasteiger partial charge on any atom is 0.246 e. The summed E-state index contributed by atoms with van der Waals surface area (Å²) in [5.74, 6) is 0.0458. The second-order valence-corrected chi connectivity index (χ2v) is 7.10. The highest BCUT2D eigenvalue weighted by Gasteiger charge is 2.41. The third-order valence-corrected chi connectivity index (χ3v) is 5.38. The van der Waals surface area contributed by atoms with Crippen molar-refractivity contribution >= 4 is 29.4 Å². The largest absolute Gasteiger partial charge is 0.381 e. The van der Waals surface area contributed by atoms with Crippen molar-refractivity contribution in [1.29, 1.82) is 0 Å². The molecule has 0 unspecified atom stereocenters. The van der Waals surface area contributed by atoms with Crippen molar-refractivity contribution in [2.75, 3.05) is 19.0 Å². The molecule has 2 heterocycles. The molecule has 2 aliphatic heterocycles. The van der Waals surface area contributed by atoms with E-state index in [0.717, 1.165) is 12.0 Å². The van der Waals surface area contributed by atoms with Gasteiger partial charge in [-0.1, -0.05) is 30.3 Å². The van der Waals surface area contributed by atoms with Gasteiger partial charge in [-0.05, 0) is 12.0 Å². The predicted octanol–water partition coefficient (Wildman–Crippen LogP) is 0.509. The molecule has 2 aliphatic rings. The Hall–Kier alpha value is -1.86. The number of amides is 2. The minimum Gasteiger partial charge on any atom is -0.381 e. The Morgan fingerprint density at radius 2 is 2.08 bits per heavy atom. The van der Waals surface area contributed by atoms with Crippen LogP contribution < -0.4 is 10.6 Å². The van der Waals surface area contributed by atoms with Crippen LogP contribution in [0.25, 0.3) is 0 Å². The van der Waals surface area contributed by atoms with Crippen molar-refractivity contribution in [3.8, 4) is 0 Å². The van der Waals surface area contributed by atoms with E-state index in [2.05, 4.69) is 10.6 Å². The molecular formula is C17H20N2O4S. The smallest absolute Gasteiger partial charge is 0.246 e. The fraction of sp³-hybridized carbons (Fsp3) is 0.471. The standard InChI is InChI=1S/C17H20N2O4S/c20-13(12-6-7-23-9-12)10-24-17-15(16(22)19-17)18-14(21)8-11-4-2-1-3-5-11/h1-5,12,15,17H,6-10H2,(H,18,21)(H,19,22)/t12-,15+,17+/m0/s1. The lowest BCUT2D eigenvalue weighted by atomic mass is 10.1. The molecule has 2 N–H and O–H groups in total. The summed E-state index contributed by atoms with van der Waals surface area (Å²) in [6.45, 7) is 1.13. The van der Waals surface area contributed by atoms with Crippen molar-refractivity contribution in [3.63, 3.8) is 0 Å². The molecule has 1 aromatic carbocycles. The maximum atomic E-state index is 12.1. The molecule has 128 valence electrons. The monoisotopic (exact) mass is 348 g/mol. The van der Waals surface area contributed by atoms with Crippen molar-refractivity contribution in [3.05, 3.63) is 35.9 Å². The zero-order valence-corrected chi connectivity index (χ0v) is 14.0. The number of β-lactam (4-membered cyclic amide) rings is 1. The number of ether oxygens (including phenoxy) is 1. The molecule has 2 fully saturated rings. The van der Waals surface area contributed by atoms with E-state index < -0.39 is 6.04 Å². The lowest BCUT2D eigenvalue weighted by Gasteiger charge is -2.36. The van der Waals surface area contributed by atoms with Crippen LogP contribution in [0.5, 0.6) is 0 Å². The molecule has 0 saturated carbocycles. The summed E-state index contributed by atoms with van der Waals surface area (Å²) in [6.07, 6.45) is 1.01. The fourth-order valence-corrected chi connectivity index (χ4v) is 3.88. The van der Waals surface area contributed by atoms with Gasteiger partial charge in [0.05, 0.1) is 18.8 Å². The molecule has 24 heavy (non-hydrogen) atoms. The van der Waals surface area contributed by atoms with Crippen LogP contribution in [0.15, 0.2) is 30.3 Å². The van der Waals surface area contributed by atoms with E-state index in [4.69, 9.17) is 4.74 Å². The average Bonchev–Trinajstić information content (AvgIpc) is 3.12. The zero-order chi connectivity index (χ0) is 16.9. The van der Waals surface area contributed by atoms with Gasteiger partial charge in [-0.15, -0.1) is 11.8 Å². The van der Waals surface area contributed by atoms with E-state index in [-0.39, 0.29) is 35.3 Å². The van der Waals surface area contributed by atoms with Gasteiger partial charge >= 0.3 is 0 Å². The van der Waals surface area contributed by atoms with Gasteiger partial charge in [-0.2, -0.15) is 0 Å². The quantitative estimate of drug-likeness (QED) is 0.702. The molecule has 2 saturated heterocycles. The fourth-order valence-electron chi connectivity index (χ4n) is 2.72. The summed E-state index contributed by atoms with van der Waals surface area (Å²) in [4.78, 5) is 35.8. The number of carbonyl (C=O) groups is 3. The first-order chi connectivity index (χ1) is 11.6. The summed E-state index contributed by atoms with van der Waals surface area (Å²) >= 11 is 1.37. The number of thioether (sulfide) groups is 1. The second-order valence-electron chi connectivity index (χ2n) is 5.97. The van der Waals surface area contributed by atoms with Gasteiger partial charge in [-0.3, -0.25) is 14.4 Å². The van der Waals surface area contributed by atoms with E-state index in [9.17, 15) is 14.4 Å². The van der Waals surface area contributed by atoms with Crippen LogP contribution in [-0.2, 0) is 25.5 Å². The van der Waals surface area contributed by atoms with Gasteiger partial charge in [0.2, 0.25) is 11.8 Å². The molecule has 6 nitrogen and oxygen atoms in total. The maximum absolute atomic E-state index is 12.1. The summed E-state index contributed by atoms with van der Waals surface area (Å²) in [5.41, 5.74) is 0.898. The Bertz CT molecular complexity index is 616. The van der Waals surface area contributed by atoms with Crippen LogP contribution in [0.2, 0.25) is 0 Å². The normalized spacial score (nSPS) is 25.7. The Morgan fingerprint density at radius 3 is 2.75 bits per heavy atom. The second kappa shape index (κ2) is 7.81.